The van der Waals surface area contributed by atoms with E-state index in [0.29, 0.717) is 0 Å². The van der Waals surface area contributed by atoms with Gasteiger partial charge in [-0.05, 0) is 19.8 Å². The van der Waals surface area contributed by atoms with Gasteiger partial charge in [0, 0.05) is 6.04 Å². The first-order valence-corrected chi connectivity index (χ1v) is 5.03. The molecule has 0 aliphatic heterocycles. The highest BCUT2D eigenvalue weighted by Crippen LogP contribution is 2.02. The van der Waals surface area contributed by atoms with Gasteiger partial charge < -0.3 is 15.4 Å². The van der Waals surface area contributed by atoms with E-state index in [2.05, 4.69) is 15.4 Å². The third-order valence-electron chi connectivity index (χ3n) is 1.84. The van der Waals surface area contributed by atoms with Crippen LogP contribution in [0.2, 0.25) is 0 Å². The maximum absolute atomic E-state index is 11.7. The normalized spacial score (nSPS) is 12.5. The van der Waals surface area contributed by atoms with E-state index in [1.165, 1.54) is 7.11 Å². The first-order chi connectivity index (χ1) is 6.88. The molecule has 0 radical (unpaired) electrons. The molecule has 1 atom stereocenters. The fourth-order valence-corrected chi connectivity index (χ4v) is 1.10. The fourth-order valence-electron chi connectivity index (χ4n) is 1.10. The number of nitrogens with one attached hydrogen (secondary N) is 2. The Morgan fingerprint density at radius 1 is 1.07 bits per heavy atom. The molecule has 0 aromatic heterocycles. The average molecular weight is 216 g/mol. The summed E-state index contributed by atoms with van der Waals surface area (Å²) in [6, 6.07) is -0.502. The van der Waals surface area contributed by atoms with Crippen LogP contribution in [0.1, 0.15) is 27.7 Å². The van der Waals surface area contributed by atoms with Gasteiger partial charge in [0.2, 0.25) is 5.91 Å². The van der Waals surface area contributed by atoms with Crippen molar-refractivity contribution in [2.24, 2.45) is 5.92 Å². The summed E-state index contributed by atoms with van der Waals surface area (Å²) in [6.07, 6.45) is -0.590. The predicted octanol–water partition coefficient (Wildman–Crippen LogP) is 0.892. The van der Waals surface area contributed by atoms with Crippen molar-refractivity contribution in [1.29, 1.82) is 0 Å². The highest BCUT2D eigenvalue weighted by Gasteiger charge is 2.24. The molecule has 0 aromatic rings. The van der Waals surface area contributed by atoms with Crippen molar-refractivity contribution >= 4 is 12.0 Å². The Bertz CT molecular complexity index is 227. The highest BCUT2D eigenvalue weighted by molar-refractivity contribution is 5.85. The Balaban J connectivity index is 4.39. The molecular weight excluding hydrogens is 196 g/mol. The van der Waals surface area contributed by atoms with Gasteiger partial charge in [-0.25, -0.2) is 4.79 Å². The third kappa shape index (κ3) is 5.24. The van der Waals surface area contributed by atoms with E-state index >= 15 is 0 Å². The molecule has 0 rings (SSSR count). The van der Waals surface area contributed by atoms with Gasteiger partial charge in [-0.2, -0.15) is 0 Å². The zero-order valence-electron chi connectivity index (χ0n) is 9.96. The SMILES string of the molecule is COC(=O)N[C@H](C(=O)NC(C)C)C(C)C. The molecule has 88 valence electrons. The van der Waals surface area contributed by atoms with E-state index in [-0.39, 0.29) is 17.9 Å². The number of methoxy groups -OCH3 is 1. The topological polar surface area (TPSA) is 67.4 Å². The van der Waals surface area contributed by atoms with Crippen LogP contribution in [0.15, 0.2) is 0 Å². The van der Waals surface area contributed by atoms with E-state index in [9.17, 15) is 9.59 Å². The number of carbonyl (C=O) groups excluding carboxylic acids is 2. The van der Waals surface area contributed by atoms with Gasteiger partial charge in [0.25, 0.3) is 0 Å². The standard InChI is InChI=1S/C10H20N2O3/c1-6(2)8(12-10(14)15-5)9(13)11-7(3)4/h6-8H,1-5H3,(H,11,13)(H,12,14)/t8-/m0/s1. The molecule has 0 spiro atoms. The molecule has 2 amide bonds. The van der Waals surface area contributed by atoms with Crippen LogP contribution in [0, 0.1) is 5.92 Å². The summed E-state index contributed by atoms with van der Waals surface area (Å²) in [4.78, 5) is 22.7. The largest absolute Gasteiger partial charge is 0.453 e. The lowest BCUT2D eigenvalue weighted by atomic mass is 10.0. The Labute approximate surface area is 90.6 Å². The number of amides is 2. The first kappa shape index (κ1) is 13.7. The first-order valence-electron chi connectivity index (χ1n) is 5.03. The minimum Gasteiger partial charge on any atom is -0.453 e. The quantitative estimate of drug-likeness (QED) is 0.733. The molecule has 0 aliphatic carbocycles. The van der Waals surface area contributed by atoms with Gasteiger partial charge in [0.15, 0.2) is 0 Å². The summed E-state index contributed by atoms with van der Waals surface area (Å²) in [5, 5.41) is 5.24. The molecule has 0 aromatic carbocycles. The fraction of sp³-hybridized carbons (Fsp3) is 0.800. The van der Waals surface area contributed by atoms with Crippen LogP contribution in [0.25, 0.3) is 0 Å². The van der Waals surface area contributed by atoms with Crippen molar-refractivity contribution in [3.63, 3.8) is 0 Å². The van der Waals surface area contributed by atoms with Crippen LogP contribution in [0.5, 0.6) is 0 Å². The molecule has 0 saturated heterocycles. The zero-order valence-corrected chi connectivity index (χ0v) is 9.96. The molecule has 0 unspecified atom stereocenters. The van der Waals surface area contributed by atoms with Crippen LogP contribution in [-0.2, 0) is 9.53 Å². The van der Waals surface area contributed by atoms with E-state index in [1.54, 1.807) is 0 Å². The molecule has 0 heterocycles. The number of hydrogen-bond donors (Lipinski definition) is 2. The second-order valence-electron chi connectivity index (χ2n) is 4.02. The van der Waals surface area contributed by atoms with Crippen LogP contribution in [-0.4, -0.2) is 31.2 Å². The molecule has 0 bridgehead atoms. The molecule has 0 saturated carbocycles. The van der Waals surface area contributed by atoms with Gasteiger partial charge in [-0.1, -0.05) is 13.8 Å². The monoisotopic (exact) mass is 216 g/mol. The highest BCUT2D eigenvalue weighted by atomic mass is 16.5. The number of carbonyl (C=O) groups is 2. The van der Waals surface area contributed by atoms with Crippen molar-refractivity contribution in [3.8, 4) is 0 Å². The second-order valence-corrected chi connectivity index (χ2v) is 4.02. The number of ether oxygens (including phenoxy) is 1. The molecule has 0 aliphatic rings. The van der Waals surface area contributed by atoms with Gasteiger partial charge in [-0.15, -0.1) is 0 Å². The van der Waals surface area contributed by atoms with Crippen LogP contribution >= 0.6 is 0 Å². The molecule has 2 N–H and O–H groups in total. The van der Waals surface area contributed by atoms with E-state index < -0.39 is 12.1 Å². The Kier molecular flexibility index (Phi) is 5.74. The Hall–Kier alpha value is -1.26. The second kappa shape index (κ2) is 6.27. The molecular formula is C10H20N2O3. The third-order valence-corrected chi connectivity index (χ3v) is 1.84. The smallest absolute Gasteiger partial charge is 0.407 e. The van der Waals surface area contributed by atoms with Crippen molar-refractivity contribution in [3.05, 3.63) is 0 Å². The summed E-state index contributed by atoms with van der Waals surface area (Å²) in [7, 11) is 1.27. The molecule has 5 heteroatoms. The lowest BCUT2D eigenvalue weighted by Crippen LogP contribution is -2.51. The summed E-state index contributed by atoms with van der Waals surface area (Å²) >= 11 is 0. The van der Waals surface area contributed by atoms with Gasteiger partial charge >= 0.3 is 6.09 Å². The predicted molar refractivity (Wildman–Crippen MR) is 57.4 cm³/mol. The maximum Gasteiger partial charge on any atom is 0.407 e. The summed E-state index contributed by atoms with van der Waals surface area (Å²) < 4.78 is 4.46. The minimum atomic E-state index is -0.590. The summed E-state index contributed by atoms with van der Waals surface area (Å²) in [5.41, 5.74) is 0. The lowest BCUT2D eigenvalue weighted by Gasteiger charge is -2.22. The number of hydrogen-bond acceptors (Lipinski definition) is 3. The van der Waals surface area contributed by atoms with E-state index in [4.69, 9.17) is 0 Å². The lowest BCUT2D eigenvalue weighted by molar-refractivity contribution is -0.124. The molecule has 15 heavy (non-hydrogen) atoms. The summed E-state index contributed by atoms with van der Waals surface area (Å²) in [5.74, 6) is -0.173. The van der Waals surface area contributed by atoms with Gasteiger partial charge in [0.05, 0.1) is 7.11 Å². The van der Waals surface area contributed by atoms with Gasteiger partial charge in [0.1, 0.15) is 6.04 Å². The van der Waals surface area contributed by atoms with Gasteiger partial charge in [-0.3, -0.25) is 4.79 Å². The molecule has 0 fully saturated rings. The number of alkyl carbamates (subject to hydrolysis) is 1. The summed E-state index contributed by atoms with van der Waals surface area (Å²) in [6.45, 7) is 7.46. The van der Waals surface area contributed by atoms with Crippen molar-refractivity contribution in [1.82, 2.24) is 10.6 Å². The van der Waals surface area contributed by atoms with Crippen molar-refractivity contribution in [2.45, 2.75) is 39.8 Å². The van der Waals surface area contributed by atoms with Crippen LogP contribution < -0.4 is 10.6 Å². The molecule has 5 nitrogen and oxygen atoms in total. The Morgan fingerprint density at radius 2 is 1.60 bits per heavy atom. The van der Waals surface area contributed by atoms with Crippen molar-refractivity contribution in [2.75, 3.05) is 7.11 Å². The number of rotatable bonds is 4. The van der Waals surface area contributed by atoms with Crippen molar-refractivity contribution < 1.29 is 14.3 Å². The van der Waals surface area contributed by atoms with E-state index in [0.717, 1.165) is 0 Å². The zero-order chi connectivity index (χ0) is 12.0. The van der Waals surface area contributed by atoms with Crippen LogP contribution in [0.3, 0.4) is 0 Å². The Morgan fingerprint density at radius 3 is 1.93 bits per heavy atom. The minimum absolute atomic E-state index is 0.0165. The maximum atomic E-state index is 11.7. The van der Waals surface area contributed by atoms with Crippen LogP contribution in [0.4, 0.5) is 4.79 Å². The average Bonchev–Trinajstić information content (AvgIpc) is 2.11. The van der Waals surface area contributed by atoms with E-state index in [1.807, 2.05) is 27.7 Å².